The Labute approximate surface area is 143 Å². The highest BCUT2D eigenvalue weighted by molar-refractivity contribution is 6.06. The summed E-state index contributed by atoms with van der Waals surface area (Å²) in [4.78, 5) is 0. The van der Waals surface area contributed by atoms with Crippen molar-refractivity contribution in [3.63, 3.8) is 0 Å². The molecule has 0 aromatic heterocycles. The van der Waals surface area contributed by atoms with E-state index in [1.807, 2.05) is 0 Å². The second-order valence-electron chi connectivity index (χ2n) is 6.39. The van der Waals surface area contributed by atoms with Crippen molar-refractivity contribution < 1.29 is 0 Å². The fourth-order valence-electron chi connectivity index (χ4n) is 3.47. The highest BCUT2D eigenvalue weighted by atomic mass is 14.2. The highest BCUT2D eigenvalue weighted by Gasteiger charge is 2.12. The number of rotatable bonds is 2. The molecule has 0 bridgehead atoms. The second kappa shape index (κ2) is 5.98. The van der Waals surface area contributed by atoms with Crippen LogP contribution in [0.15, 0.2) is 84.9 Å². The number of hydrogen-bond acceptors (Lipinski definition) is 0. The Hall–Kier alpha value is -2.86. The molecule has 0 radical (unpaired) electrons. The van der Waals surface area contributed by atoms with Crippen LogP contribution in [0.4, 0.5) is 0 Å². The molecule has 116 valence electrons. The number of benzene rings is 4. The van der Waals surface area contributed by atoms with Gasteiger partial charge in [-0.2, -0.15) is 0 Å². The first-order chi connectivity index (χ1) is 11.7. The van der Waals surface area contributed by atoms with Crippen LogP contribution in [0.3, 0.4) is 0 Å². The summed E-state index contributed by atoms with van der Waals surface area (Å²) in [7, 11) is 0. The van der Waals surface area contributed by atoms with Gasteiger partial charge in [-0.3, -0.25) is 0 Å². The topological polar surface area (TPSA) is 0 Å². The van der Waals surface area contributed by atoms with Gasteiger partial charge in [-0.05, 0) is 52.4 Å². The molecule has 0 aliphatic rings. The molecular formula is C24H20. The first-order valence-electron chi connectivity index (χ1n) is 8.39. The van der Waals surface area contributed by atoms with Crippen molar-refractivity contribution in [3.05, 3.63) is 96.1 Å². The first kappa shape index (κ1) is 14.7. The molecule has 0 heterocycles. The van der Waals surface area contributed by atoms with E-state index in [2.05, 4.69) is 98.8 Å². The quantitative estimate of drug-likeness (QED) is 0.382. The lowest BCUT2D eigenvalue weighted by Crippen LogP contribution is -1.90. The normalized spacial score (nSPS) is 10.9. The molecule has 0 fully saturated rings. The van der Waals surface area contributed by atoms with Gasteiger partial charge in [0.25, 0.3) is 0 Å². The second-order valence-corrected chi connectivity index (χ2v) is 6.39. The third-order valence-corrected chi connectivity index (χ3v) is 4.67. The fourth-order valence-corrected chi connectivity index (χ4v) is 3.47. The summed E-state index contributed by atoms with van der Waals surface area (Å²) in [5.74, 6) is 0. The van der Waals surface area contributed by atoms with Crippen LogP contribution in [-0.4, -0.2) is 0 Å². The molecule has 24 heavy (non-hydrogen) atoms. The van der Waals surface area contributed by atoms with Crippen LogP contribution in [0.2, 0.25) is 0 Å². The summed E-state index contributed by atoms with van der Waals surface area (Å²) in [6.45, 7) is 4.35. The minimum absolute atomic E-state index is 1.27. The van der Waals surface area contributed by atoms with Gasteiger partial charge in [-0.15, -0.1) is 0 Å². The molecule has 0 spiro atoms. The summed E-state index contributed by atoms with van der Waals surface area (Å²) in [5.41, 5.74) is 7.81. The van der Waals surface area contributed by atoms with E-state index in [0.717, 1.165) is 0 Å². The Morgan fingerprint density at radius 2 is 1.17 bits per heavy atom. The van der Waals surface area contributed by atoms with Crippen molar-refractivity contribution in [2.75, 3.05) is 0 Å². The molecule has 0 amide bonds. The van der Waals surface area contributed by atoms with Crippen molar-refractivity contribution in [3.8, 4) is 22.3 Å². The summed E-state index contributed by atoms with van der Waals surface area (Å²) in [6.07, 6.45) is 0. The van der Waals surface area contributed by atoms with Gasteiger partial charge < -0.3 is 0 Å². The van der Waals surface area contributed by atoms with Crippen LogP contribution < -0.4 is 0 Å². The number of aryl methyl sites for hydroxylation is 2. The predicted octanol–water partition coefficient (Wildman–Crippen LogP) is 6.79. The van der Waals surface area contributed by atoms with Crippen molar-refractivity contribution in [2.24, 2.45) is 0 Å². The van der Waals surface area contributed by atoms with Gasteiger partial charge in [0.1, 0.15) is 0 Å². The number of fused-ring (bicyclic) bond motifs is 1. The monoisotopic (exact) mass is 308 g/mol. The van der Waals surface area contributed by atoms with Crippen molar-refractivity contribution in [1.29, 1.82) is 0 Å². The van der Waals surface area contributed by atoms with Crippen LogP contribution in [0.1, 0.15) is 11.1 Å². The predicted molar refractivity (Wildman–Crippen MR) is 104 cm³/mol. The van der Waals surface area contributed by atoms with Gasteiger partial charge in [0.15, 0.2) is 0 Å². The third-order valence-electron chi connectivity index (χ3n) is 4.67. The van der Waals surface area contributed by atoms with Crippen molar-refractivity contribution >= 4 is 10.8 Å². The first-order valence-corrected chi connectivity index (χ1v) is 8.39. The summed E-state index contributed by atoms with van der Waals surface area (Å²) in [5, 5.41) is 2.63. The van der Waals surface area contributed by atoms with E-state index in [1.165, 1.54) is 44.2 Å². The van der Waals surface area contributed by atoms with E-state index >= 15 is 0 Å². The van der Waals surface area contributed by atoms with E-state index in [0.29, 0.717) is 0 Å². The average Bonchev–Trinajstić information content (AvgIpc) is 2.63. The van der Waals surface area contributed by atoms with Crippen molar-refractivity contribution in [1.82, 2.24) is 0 Å². The van der Waals surface area contributed by atoms with Gasteiger partial charge in [0, 0.05) is 0 Å². The Balaban J connectivity index is 2.04. The van der Waals surface area contributed by atoms with Gasteiger partial charge in [0.05, 0.1) is 0 Å². The third kappa shape index (κ3) is 2.51. The van der Waals surface area contributed by atoms with Crippen LogP contribution in [0, 0.1) is 13.8 Å². The zero-order chi connectivity index (χ0) is 16.5. The summed E-state index contributed by atoms with van der Waals surface area (Å²) in [6, 6.07) is 30.5. The molecule has 0 unspecified atom stereocenters. The molecule has 0 N–H and O–H groups in total. The Kier molecular flexibility index (Phi) is 3.66. The minimum Gasteiger partial charge on any atom is -0.0622 e. The Morgan fingerprint density at radius 3 is 1.88 bits per heavy atom. The number of hydrogen-bond donors (Lipinski definition) is 0. The standard InChI is InChI=1S/C24H20/c1-17-12-14-20(15-13-17)24-18(2)16-23(19-8-4-3-5-9-19)21-10-6-7-11-22(21)24/h3-16H,1-2H3. The smallest absolute Gasteiger partial charge is 0.00757 e. The summed E-state index contributed by atoms with van der Waals surface area (Å²) >= 11 is 0. The molecule has 0 aliphatic heterocycles. The SMILES string of the molecule is Cc1ccc(-c2c(C)cc(-c3ccccc3)c3ccccc23)cc1. The van der Waals surface area contributed by atoms with Crippen LogP contribution >= 0.6 is 0 Å². The average molecular weight is 308 g/mol. The fraction of sp³-hybridized carbons (Fsp3) is 0.0833. The van der Waals surface area contributed by atoms with Gasteiger partial charge in [-0.25, -0.2) is 0 Å². The molecule has 4 rings (SSSR count). The maximum absolute atomic E-state index is 2.33. The zero-order valence-corrected chi connectivity index (χ0v) is 14.1. The minimum atomic E-state index is 1.27. The van der Waals surface area contributed by atoms with Gasteiger partial charge in [0.2, 0.25) is 0 Å². The largest absolute Gasteiger partial charge is 0.0622 e. The van der Waals surface area contributed by atoms with Crippen LogP contribution in [0.25, 0.3) is 33.0 Å². The molecule has 0 saturated heterocycles. The maximum atomic E-state index is 2.33. The van der Waals surface area contributed by atoms with E-state index in [9.17, 15) is 0 Å². The molecular weight excluding hydrogens is 288 g/mol. The van der Waals surface area contributed by atoms with Crippen LogP contribution in [0.5, 0.6) is 0 Å². The lowest BCUT2D eigenvalue weighted by molar-refractivity contribution is 1.44. The lowest BCUT2D eigenvalue weighted by Gasteiger charge is -2.15. The molecule has 0 atom stereocenters. The zero-order valence-electron chi connectivity index (χ0n) is 14.1. The van der Waals surface area contributed by atoms with E-state index in [-0.39, 0.29) is 0 Å². The van der Waals surface area contributed by atoms with E-state index in [4.69, 9.17) is 0 Å². The molecule has 4 aromatic carbocycles. The molecule has 0 aliphatic carbocycles. The van der Waals surface area contributed by atoms with Crippen LogP contribution in [-0.2, 0) is 0 Å². The van der Waals surface area contributed by atoms with E-state index < -0.39 is 0 Å². The Bertz CT molecular complexity index is 993. The maximum Gasteiger partial charge on any atom is -0.00757 e. The Morgan fingerprint density at radius 1 is 0.542 bits per heavy atom. The molecule has 0 saturated carbocycles. The van der Waals surface area contributed by atoms with E-state index in [1.54, 1.807) is 0 Å². The molecule has 0 heteroatoms. The van der Waals surface area contributed by atoms with Gasteiger partial charge in [-0.1, -0.05) is 90.5 Å². The lowest BCUT2D eigenvalue weighted by atomic mass is 9.88. The van der Waals surface area contributed by atoms with Gasteiger partial charge >= 0.3 is 0 Å². The van der Waals surface area contributed by atoms with Crippen molar-refractivity contribution in [2.45, 2.75) is 13.8 Å². The molecule has 0 nitrogen and oxygen atoms in total. The highest BCUT2D eigenvalue weighted by Crippen LogP contribution is 2.38. The molecule has 4 aromatic rings. The summed E-state index contributed by atoms with van der Waals surface area (Å²) < 4.78 is 0.